The molecule has 0 aliphatic carbocycles. The predicted molar refractivity (Wildman–Crippen MR) is 95.4 cm³/mol. The number of aryl methyl sites for hydroxylation is 1. The lowest BCUT2D eigenvalue weighted by molar-refractivity contribution is 0.173. The number of hydrogen-bond donors (Lipinski definition) is 1. The molecular formula is C16H33N7. The number of nitrogens with zero attached hydrogens (tertiary/aromatic N) is 6. The molecule has 0 spiro atoms. The number of aromatic nitrogens is 3. The van der Waals surface area contributed by atoms with Crippen molar-refractivity contribution in [2.75, 3.05) is 27.2 Å². The molecule has 0 atom stereocenters. The lowest BCUT2D eigenvalue weighted by atomic mass is 10.2. The van der Waals surface area contributed by atoms with Crippen molar-refractivity contribution < 1.29 is 0 Å². The molecule has 0 aliphatic heterocycles. The quantitative estimate of drug-likeness (QED) is 0.444. The van der Waals surface area contributed by atoms with E-state index in [2.05, 4.69) is 57.9 Å². The van der Waals surface area contributed by atoms with E-state index in [1.807, 2.05) is 21.1 Å². The Morgan fingerprint density at radius 3 is 2.43 bits per heavy atom. The van der Waals surface area contributed by atoms with E-state index in [1.54, 1.807) is 11.0 Å². The van der Waals surface area contributed by atoms with Gasteiger partial charge in [-0.25, -0.2) is 4.98 Å². The van der Waals surface area contributed by atoms with Gasteiger partial charge in [0.25, 0.3) is 0 Å². The normalized spacial score (nSPS) is 12.5. The number of aliphatic imine (C=N–C) groups is 1. The van der Waals surface area contributed by atoms with Crippen molar-refractivity contribution in [2.24, 2.45) is 12.0 Å². The second-order valence-corrected chi connectivity index (χ2v) is 6.41. The van der Waals surface area contributed by atoms with Gasteiger partial charge >= 0.3 is 0 Å². The molecule has 1 N–H and O–H groups in total. The SMILES string of the molecule is CN=C(NCCCN(C(C)C)C(C)C)N(C)Cc1ncnn1C. The first-order chi connectivity index (χ1) is 10.9. The van der Waals surface area contributed by atoms with Crippen LogP contribution in [0.3, 0.4) is 0 Å². The fourth-order valence-corrected chi connectivity index (χ4v) is 2.71. The molecule has 132 valence electrons. The van der Waals surface area contributed by atoms with E-state index in [0.717, 1.165) is 31.3 Å². The van der Waals surface area contributed by atoms with Gasteiger partial charge in [-0.3, -0.25) is 14.6 Å². The van der Waals surface area contributed by atoms with Crippen LogP contribution in [-0.2, 0) is 13.6 Å². The monoisotopic (exact) mass is 323 g/mol. The molecule has 0 amide bonds. The lowest BCUT2D eigenvalue weighted by Gasteiger charge is -2.30. The zero-order chi connectivity index (χ0) is 17.4. The summed E-state index contributed by atoms with van der Waals surface area (Å²) in [5, 5.41) is 7.52. The van der Waals surface area contributed by atoms with E-state index in [0.29, 0.717) is 18.6 Å². The first-order valence-corrected chi connectivity index (χ1v) is 8.37. The van der Waals surface area contributed by atoms with E-state index < -0.39 is 0 Å². The second kappa shape index (κ2) is 9.50. The summed E-state index contributed by atoms with van der Waals surface area (Å²) in [6.45, 7) is 11.7. The van der Waals surface area contributed by atoms with Gasteiger partial charge in [0.2, 0.25) is 0 Å². The van der Waals surface area contributed by atoms with Crippen LogP contribution in [0, 0.1) is 0 Å². The molecule has 1 heterocycles. The predicted octanol–water partition coefficient (Wildman–Crippen LogP) is 1.33. The second-order valence-electron chi connectivity index (χ2n) is 6.41. The van der Waals surface area contributed by atoms with Gasteiger partial charge in [0.05, 0.1) is 6.54 Å². The molecule has 7 nitrogen and oxygen atoms in total. The molecule has 0 fully saturated rings. The summed E-state index contributed by atoms with van der Waals surface area (Å²) in [7, 11) is 5.72. The van der Waals surface area contributed by atoms with Gasteiger partial charge in [0.15, 0.2) is 5.96 Å². The highest BCUT2D eigenvalue weighted by atomic mass is 15.4. The van der Waals surface area contributed by atoms with Crippen LogP contribution in [0.5, 0.6) is 0 Å². The van der Waals surface area contributed by atoms with Crippen molar-refractivity contribution in [3.63, 3.8) is 0 Å². The fourth-order valence-electron chi connectivity index (χ4n) is 2.71. The highest BCUT2D eigenvalue weighted by Crippen LogP contribution is 2.05. The van der Waals surface area contributed by atoms with Gasteiger partial charge < -0.3 is 10.2 Å². The van der Waals surface area contributed by atoms with Gasteiger partial charge in [-0.15, -0.1) is 0 Å². The maximum Gasteiger partial charge on any atom is 0.193 e. The fraction of sp³-hybridized carbons (Fsp3) is 0.812. The van der Waals surface area contributed by atoms with Crippen molar-refractivity contribution in [3.8, 4) is 0 Å². The minimum absolute atomic E-state index is 0.577. The molecule has 0 saturated carbocycles. The van der Waals surface area contributed by atoms with Crippen LogP contribution in [0.25, 0.3) is 0 Å². The molecule has 1 rings (SSSR count). The van der Waals surface area contributed by atoms with Gasteiger partial charge in [-0.1, -0.05) is 0 Å². The van der Waals surface area contributed by atoms with Crippen molar-refractivity contribution in [2.45, 2.75) is 52.7 Å². The van der Waals surface area contributed by atoms with Gasteiger partial charge in [0, 0.05) is 46.3 Å². The van der Waals surface area contributed by atoms with Crippen LogP contribution in [0.15, 0.2) is 11.3 Å². The van der Waals surface area contributed by atoms with Crippen LogP contribution in [0.1, 0.15) is 39.9 Å². The maximum absolute atomic E-state index is 4.35. The minimum atomic E-state index is 0.577. The highest BCUT2D eigenvalue weighted by molar-refractivity contribution is 5.79. The Bertz CT molecular complexity index is 471. The molecule has 23 heavy (non-hydrogen) atoms. The molecule has 0 aliphatic rings. The summed E-state index contributed by atoms with van der Waals surface area (Å²) in [6, 6.07) is 1.15. The first-order valence-electron chi connectivity index (χ1n) is 8.37. The molecule has 0 radical (unpaired) electrons. The molecular weight excluding hydrogens is 290 g/mol. The van der Waals surface area contributed by atoms with E-state index in [4.69, 9.17) is 0 Å². The van der Waals surface area contributed by atoms with Gasteiger partial charge in [-0.05, 0) is 34.1 Å². The Kier molecular flexibility index (Phi) is 8.02. The average Bonchev–Trinajstić information content (AvgIpc) is 2.87. The zero-order valence-corrected chi connectivity index (χ0v) is 15.7. The Morgan fingerprint density at radius 1 is 1.30 bits per heavy atom. The van der Waals surface area contributed by atoms with Crippen molar-refractivity contribution in [1.82, 2.24) is 29.9 Å². The Hall–Kier alpha value is -1.63. The standard InChI is InChI=1S/C16H33N7/c1-13(2)23(14(3)4)10-8-9-18-16(17-5)21(6)11-15-19-12-20-22(15)7/h12-14H,8-11H2,1-7H3,(H,17,18). The largest absolute Gasteiger partial charge is 0.356 e. The van der Waals surface area contributed by atoms with E-state index >= 15 is 0 Å². The van der Waals surface area contributed by atoms with Crippen molar-refractivity contribution in [3.05, 3.63) is 12.2 Å². The number of rotatable bonds is 8. The van der Waals surface area contributed by atoms with Gasteiger partial charge in [-0.2, -0.15) is 5.10 Å². The Balaban J connectivity index is 2.41. The maximum atomic E-state index is 4.35. The minimum Gasteiger partial charge on any atom is -0.356 e. The smallest absolute Gasteiger partial charge is 0.193 e. The molecule has 0 bridgehead atoms. The van der Waals surface area contributed by atoms with Gasteiger partial charge in [0.1, 0.15) is 12.2 Å². The average molecular weight is 323 g/mol. The lowest BCUT2D eigenvalue weighted by Crippen LogP contribution is -2.42. The van der Waals surface area contributed by atoms with E-state index in [1.165, 1.54) is 0 Å². The van der Waals surface area contributed by atoms with E-state index in [9.17, 15) is 0 Å². The topological polar surface area (TPSA) is 61.6 Å². The van der Waals surface area contributed by atoms with Crippen LogP contribution in [-0.4, -0.2) is 69.8 Å². The summed E-state index contributed by atoms with van der Waals surface area (Å²) in [5.41, 5.74) is 0. The summed E-state index contributed by atoms with van der Waals surface area (Å²) >= 11 is 0. The molecule has 0 saturated heterocycles. The number of hydrogen-bond acceptors (Lipinski definition) is 4. The third-order valence-corrected chi connectivity index (χ3v) is 3.96. The summed E-state index contributed by atoms with van der Waals surface area (Å²) in [6.07, 6.45) is 2.67. The summed E-state index contributed by atoms with van der Waals surface area (Å²) in [4.78, 5) is 13.2. The number of guanidine groups is 1. The highest BCUT2D eigenvalue weighted by Gasteiger charge is 2.13. The molecule has 7 heteroatoms. The zero-order valence-electron chi connectivity index (χ0n) is 15.7. The van der Waals surface area contributed by atoms with E-state index in [-0.39, 0.29) is 0 Å². The summed E-state index contributed by atoms with van der Waals surface area (Å²) in [5.74, 6) is 1.80. The van der Waals surface area contributed by atoms with Crippen LogP contribution in [0.2, 0.25) is 0 Å². The third-order valence-electron chi connectivity index (χ3n) is 3.96. The molecule has 1 aromatic rings. The third kappa shape index (κ3) is 6.17. The van der Waals surface area contributed by atoms with Crippen LogP contribution in [0.4, 0.5) is 0 Å². The Morgan fingerprint density at radius 2 is 1.96 bits per heavy atom. The Labute approximate surface area is 140 Å². The molecule has 0 aromatic carbocycles. The van der Waals surface area contributed by atoms with Crippen molar-refractivity contribution in [1.29, 1.82) is 0 Å². The first kappa shape index (κ1) is 19.4. The van der Waals surface area contributed by atoms with Crippen molar-refractivity contribution >= 4 is 5.96 Å². The van der Waals surface area contributed by atoms with Crippen LogP contribution >= 0.6 is 0 Å². The molecule has 1 aromatic heterocycles. The summed E-state index contributed by atoms with van der Waals surface area (Å²) < 4.78 is 1.78. The molecule has 0 unspecified atom stereocenters. The van der Waals surface area contributed by atoms with Crippen LogP contribution < -0.4 is 5.32 Å². The number of nitrogens with one attached hydrogen (secondary N) is 1.